The van der Waals surface area contributed by atoms with Gasteiger partial charge in [-0.2, -0.15) is 0 Å². The Morgan fingerprint density at radius 2 is 2.15 bits per heavy atom. The molecule has 0 aliphatic heterocycles. The number of hydrogen-bond acceptors (Lipinski definition) is 7. The van der Waals surface area contributed by atoms with Gasteiger partial charge in [0.1, 0.15) is 13.2 Å². The molecule has 0 spiro atoms. The summed E-state index contributed by atoms with van der Waals surface area (Å²) in [5.41, 5.74) is 0.496. The summed E-state index contributed by atoms with van der Waals surface area (Å²) >= 11 is 1.15. The molecule has 20 heavy (non-hydrogen) atoms. The fraction of sp³-hybridized carbons (Fsp3) is 0.455. The number of thiazole rings is 1. The topological polar surface area (TPSA) is 115 Å². The molecule has 1 aromatic heterocycles. The number of amides is 1. The number of carboxylic acids is 1. The van der Waals surface area contributed by atoms with Gasteiger partial charge < -0.3 is 14.6 Å². The van der Waals surface area contributed by atoms with Crippen molar-refractivity contribution in [1.29, 1.82) is 0 Å². The average Bonchev–Trinajstić information content (AvgIpc) is 2.76. The molecule has 1 heterocycles. The zero-order valence-electron chi connectivity index (χ0n) is 10.7. The smallest absolute Gasteiger partial charge is 0.329 e. The SMILES string of the molecule is CCOC(=O)Cc1csc(NC(=O)COCC(=O)O)n1. The van der Waals surface area contributed by atoms with Crippen LogP contribution in [0.4, 0.5) is 5.13 Å². The number of carboxylic acid groups (broad SMARTS) is 1. The van der Waals surface area contributed by atoms with Crippen LogP contribution in [0.5, 0.6) is 0 Å². The highest BCUT2D eigenvalue weighted by Gasteiger charge is 2.10. The summed E-state index contributed by atoms with van der Waals surface area (Å²) < 4.78 is 9.40. The summed E-state index contributed by atoms with van der Waals surface area (Å²) in [5.74, 6) is -2.05. The molecule has 0 aromatic carbocycles. The Kier molecular flexibility index (Phi) is 6.60. The van der Waals surface area contributed by atoms with Gasteiger partial charge in [-0.15, -0.1) is 11.3 Å². The summed E-state index contributed by atoms with van der Waals surface area (Å²) in [4.78, 5) is 36.8. The lowest BCUT2D eigenvalue weighted by atomic mass is 10.3. The Labute approximate surface area is 118 Å². The molecular weight excluding hydrogens is 288 g/mol. The third-order valence-electron chi connectivity index (χ3n) is 1.89. The van der Waals surface area contributed by atoms with Crippen molar-refractivity contribution >= 4 is 34.3 Å². The molecule has 110 valence electrons. The lowest BCUT2D eigenvalue weighted by Crippen LogP contribution is -2.20. The number of hydrogen-bond donors (Lipinski definition) is 2. The fourth-order valence-corrected chi connectivity index (χ4v) is 1.92. The second-order valence-electron chi connectivity index (χ2n) is 3.56. The molecule has 0 fully saturated rings. The van der Waals surface area contributed by atoms with E-state index in [2.05, 4.69) is 15.0 Å². The zero-order valence-corrected chi connectivity index (χ0v) is 11.6. The predicted molar refractivity (Wildman–Crippen MR) is 69.5 cm³/mol. The highest BCUT2D eigenvalue weighted by atomic mass is 32.1. The van der Waals surface area contributed by atoms with Gasteiger partial charge in [-0.3, -0.25) is 14.9 Å². The Bertz CT molecular complexity index is 487. The molecular formula is C11H14N2O6S. The van der Waals surface area contributed by atoms with E-state index in [4.69, 9.17) is 9.84 Å². The van der Waals surface area contributed by atoms with E-state index >= 15 is 0 Å². The van der Waals surface area contributed by atoms with Crippen LogP contribution in [-0.2, 0) is 30.3 Å². The molecule has 1 rings (SSSR count). The predicted octanol–water partition coefficient (Wildman–Crippen LogP) is 0.288. The standard InChI is InChI=1S/C11H14N2O6S/c1-2-19-10(17)3-7-6-20-11(12-7)13-8(14)4-18-5-9(15)16/h6H,2-5H2,1H3,(H,15,16)(H,12,13,14). The maximum Gasteiger partial charge on any atom is 0.329 e. The van der Waals surface area contributed by atoms with Gasteiger partial charge in [-0.05, 0) is 6.92 Å². The second kappa shape index (κ2) is 8.23. The molecule has 8 nitrogen and oxygen atoms in total. The number of anilines is 1. The van der Waals surface area contributed by atoms with E-state index < -0.39 is 18.5 Å². The third-order valence-corrected chi connectivity index (χ3v) is 2.69. The van der Waals surface area contributed by atoms with Gasteiger partial charge in [-0.25, -0.2) is 9.78 Å². The first-order valence-electron chi connectivity index (χ1n) is 5.70. The van der Waals surface area contributed by atoms with Crippen molar-refractivity contribution in [1.82, 2.24) is 4.98 Å². The minimum absolute atomic E-state index is 0.0374. The first-order valence-corrected chi connectivity index (χ1v) is 6.58. The molecule has 2 N–H and O–H groups in total. The molecule has 0 atom stereocenters. The average molecular weight is 302 g/mol. The zero-order chi connectivity index (χ0) is 15.0. The van der Waals surface area contributed by atoms with Gasteiger partial charge in [-0.1, -0.05) is 0 Å². The minimum atomic E-state index is -1.15. The number of esters is 1. The quantitative estimate of drug-likeness (QED) is 0.663. The molecule has 0 aliphatic carbocycles. The van der Waals surface area contributed by atoms with Crippen LogP contribution in [0.25, 0.3) is 0 Å². The third kappa shape index (κ3) is 6.25. The van der Waals surface area contributed by atoms with Crippen molar-refractivity contribution in [2.45, 2.75) is 13.3 Å². The minimum Gasteiger partial charge on any atom is -0.480 e. The van der Waals surface area contributed by atoms with Crippen LogP contribution in [0.15, 0.2) is 5.38 Å². The van der Waals surface area contributed by atoms with E-state index in [1.165, 1.54) is 0 Å². The monoisotopic (exact) mass is 302 g/mol. The lowest BCUT2D eigenvalue weighted by Gasteiger charge is -2.01. The summed E-state index contributed by atoms with van der Waals surface area (Å²) in [6, 6.07) is 0. The van der Waals surface area contributed by atoms with Gasteiger partial charge in [0.05, 0.1) is 18.7 Å². The molecule has 0 saturated heterocycles. The van der Waals surface area contributed by atoms with E-state index in [1.807, 2.05) is 0 Å². The summed E-state index contributed by atoms with van der Waals surface area (Å²) in [5, 5.41) is 12.7. The number of nitrogens with one attached hydrogen (secondary N) is 1. The number of carbonyl (C=O) groups is 3. The van der Waals surface area contributed by atoms with Crippen LogP contribution >= 0.6 is 11.3 Å². The van der Waals surface area contributed by atoms with Crippen LogP contribution in [0.2, 0.25) is 0 Å². The molecule has 0 saturated carbocycles. The fourth-order valence-electron chi connectivity index (χ4n) is 1.19. The maximum atomic E-state index is 11.4. The van der Waals surface area contributed by atoms with Gasteiger partial charge in [0, 0.05) is 5.38 Å². The first-order chi connectivity index (χ1) is 9.51. The molecule has 0 radical (unpaired) electrons. The van der Waals surface area contributed by atoms with E-state index in [1.54, 1.807) is 12.3 Å². The molecule has 1 aromatic rings. The summed E-state index contributed by atoms with van der Waals surface area (Å²) in [6.07, 6.45) is 0.0374. The molecule has 0 bridgehead atoms. The van der Waals surface area contributed by atoms with Crippen molar-refractivity contribution < 1.29 is 29.0 Å². The highest BCUT2D eigenvalue weighted by molar-refractivity contribution is 7.13. The summed E-state index contributed by atoms with van der Waals surface area (Å²) in [7, 11) is 0. The van der Waals surface area contributed by atoms with E-state index in [9.17, 15) is 14.4 Å². The van der Waals surface area contributed by atoms with Crippen molar-refractivity contribution in [2.24, 2.45) is 0 Å². The Morgan fingerprint density at radius 3 is 2.80 bits per heavy atom. The number of nitrogens with zero attached hydrogens (tertiary/aromatic N) is 1. The number of aliphatic carboxylic acids is 1. The first kappa shape index (κ1) is 16.1. The van der Waals surface area contributed by atoms with Crippen molar-refractivity contribution in [2.75, 3.05) is 25.1 Å². The number of rotatable bonds is 8. The molecule has 1 amide bonds. The van der Waals surface area contributed by atoms with E-state index in [0.29, 0.717) is 17.4 Å². The summed E-state index contributed by atoms with van der Waals surface area (Å²) in [6.45, 7) is 1.09. The largest absolute Gasteiger partial charge is 0.480 e. The number of ether oxygens (including phenoxy) is 2. The molecule has 0 unspecified atom stereocenters. The highest BCUT2D eigenvalue weighted by Crippen LogP contribution is 2.15. The number of aromatic nitrogens is 1. The van der Waals surface area contributed by atoms with Gasteiger partial charge >= 0.3 is 11.9 Å². The van der Waals surface area contributed by atoms with Gasteiger partial charge in [0.25, 0.3) is 5.91 Å². The Morgan fingerprint density at radius 1 is 1.40 bits per heavy atom. The van der Waals surface area contributed by atoms with Crippen molar-refractivity contribution in [3.63, 3.8) is 0 Å². The van der Waals surface area contributed by atoms with Crippen LogP contribution in [0.1, 0.15) is 12.6 Å². The van der Waals surface area contributed by atoms with Crippen LogP contribution < -0.4 is 5.32 Å². The Hall–Kier alpha value is -2.00. The second-order valence-corrected chi connectivity index (χ2v) is 4.42. The number of carbonyl (C=O) groups excluding carboxylic acids is 2. The Balaban J connectivity index is 2.37. The molecule has 0 aliphatic rings. The van der Waals surface area contributed by atoms with Crippen molar-refractivity contribution in [3.05, 3.63) is 11.1 Å². The van der Waals surface area contributed by atoms with E-state index in [-0.39, 0.29) is 19.0 Å². The van der Waals surface area contributed by atoms with Crippen molar-refractivity contribution in [3.8, 4) is 0 Å². The normalized spacial score (nSPS) is 10.1. The maximum absolute atomic E-state index is 11.4. The van der Waals surface area contributed by atoms with Crippen LogP contribution in [-0.4, -0.2) is 47.8 Å². The van der Waals surface area contributed by atoms with Gasteiger partial charge in [0.2, 0.25) is 0 Å². The van der Waals surface area contributed by atoms with E-state index in [0.717, 1.165) is 11.3 Å². The molecule has 9 heteroatoms. The lowest BCUT2D eigenvalue weighted by molar-refractivity contribution is -0.143. The van der Waals surface area contributed by atoms with Gasteiger partial charge in [0.15, 0.2) is 5.13 Å². The van der Waals surface area contributed by atoms with Crippen LogP contribution in [0.3, 0.4) is 0 Å². The van der Waals surface area contributed by atoms with Crippen LogP contribution in [0, 0.1) is 0 Å².